The van der Waals surface area contributed by atoms with Crippen molar-refractivity contribution < 1.29 is 19.2 Å². The number of nitro benzene ring substituents is 1. The molecule has 28 heavy (non-hydrogen) atoms. The van der Waals surface area contributed by atoms with Crippen molar-refractivity contribution >= 4 is 40.5 Å². The third-order valence-electron chi connectivity index (χ3n) is 4.46. The van der Waals surface area contributed by atoms with Crippen molar-refractivity contribution in [3.05, 3.63) is 57.1 Å². The van der Waals surface area contributed by atoms with E-state index < -0.39 is 10.8 Å². The van der Waals surface area contributed by atoms with Crippen molar-refractivity contribution in [3.8, 4) is 5.75 Å². The van der Waals surface area contributed by atoms with Crippen LogP contribution in [0, 0.1) is 10.1 Å². The molecular formula is C19H18ClN3O5. The van der Waals surface area contributed by atoms with E-state index in [9.17, 15) is 19.7 Å². The normalized spacial score (nSPS) is 13.9. The van der Waals surface area contributed by atoms with Gasteiger partial charge in [0.25, 0.3) is 11.6 Å². The van der Waals surface area contributed by atoms with Gasteiger partial charge < -0.3 is 15.0 Å². The molecule has 2 aromatic rings. The number of anilines is 2. The summed E-state index contributed by atoms with van der Waals surface area (Å²) >= 11 is 6.01. The van der Waals surface area contributed by atoms with Gasteiger partial charge in [-0.15, -0.1) is 0 Å². The molecule has 0 radical (unpaired) electrons. The van der Waals surface area contributed by atoms with Crippen LogP contribution in [0.15, 0.2) is 36.4 Å². The number of rotatable bonds is 5. The van der Waals surface area contributed by atoms with Crippen molar-refractivity contribution in [2.45, 2.75) is 19.3 Å². The summed E-state index contributed by atoms with van der Waals surface area (Å²) in [5.41, 5.74) is 0.812. The number of ether oxygens (including phenoxy) is 1. The molecule has 1 fully saturated rings. The molecule has 2 aromatic carbocycles. The number of hydrogen-bond acceptors (Lipinski definition) is 5. The van der Waals surface area contributed by atoms with Crippen LogP contribution in [-0.2, 0) is 4.79 Å². The Morgan fingerprint density at radius 1 is 1.25 bits per heavy atom. The summed E-state index contributed by atoms with van der Waals surface area (Å²) in [6, 6.07) is 8.60. The fourth-order valence-corrected chi connectivity index (χ4v) is 3.24. The highest BCUT2D eigenvalue weighted by molar-refractivity contribution is 6.34. The van der Waals surface area contributed by atoms with Gasteiger partial charge in [-0.3, -0.25) is 19.7 Å². The number of methoxy groups -OCH3 is 1. The first kappa shape index (κ1) is 19.6. The summed E-state index contributed by atoms with van der Waals surface area (Å²) in [6.45, 7) is 0.615. The van der Waals surface area contributed by atoms with E-state index in [-0.39, 0.29) is 22.2 Å². The molecule has 2 amide bonds. The van der Waals surface area contributed by atoms with Crippen LogP contribution < -0.4 is 15.0 Å². The molecule has 0 atom stereocenters. The topological polar surface area (TPSA) is 102 Å². The highest BCUT2D eigenvalue weighted by atomic mass is 35.5. The van der Waals surface area contributed by atoms with Crippen molar-refractivity contribution in [1.82, 2.24) is 0 Å². The van der Waals surface area contributed by atoms with Gasteiger partial charge in [0, 0.05) is 36.9 Å². The third kappa shape index (κ3) is 4.07. The lowest BCUT2D eigenvalue weighted by Crippen LogP contribution is -2.35. The predicted octanol–water partition coefficient (Wildman–Crippen LogP) is 4.03. The average Bonchev–Trinajstić information content (AvgIpc) is 2.68. The monoisotopic (exact) mass is 403 g/mol. The van der Waals surface area contributed by atoms with Gasteiger partial charge >= 0.3 is 0 Å². The molecule has 0 aliphatic carbocycles. The van der Waals surface area contributed by atoms with E-state index in [1.807, 2.05) is 0 Å². The molecule has 0 saturated carbocycles. The van der Waals surface area contributed by atoms with Gasteiger partial charge in [-0.2, -0.15) is 0 Å². The molecule has 1 heterocycles. The number of halogens is 1. The fraction of sp³-hybridized carbons (Fsp3) is 0.263. The molecule has 0 spiro atoms. The Labute approximate surface area is 166 Å². The Hall–Kier alpha value is -3.13. The van der Waals surface area contributed by atoms with Crippen LogP contribution in [0.2, 0.25) is 5.02 Å². The molecule has 0 aromatic heterocycles. The number of hydrogen-bond donors (Lipinski definition) is 1. The first-order valence-corrected chi connectivity index (χ1v) is 9.02. The summed E-state index contributed by atoms with van der Waals surface area (Å²) in [6.07, 6.45) is 2.28. The van der Waals surface area contributed by atoms with Gasteiger partial charge in [0.15, 0.2) is 0 Å². The maximum Gasteiger partial charge on any atom is 0.270 e. The number of nitrogens with one attached hydrogen (secondary N) is 1. The maximum atomic E-state index is 12.5. The number of nitro groups is 1. The van der Waals surface area contributed by atoms with Crippen LogP contribution >= 0.6 is 11.6 Å². The molecule has 1 saturated heterocycles. The van der Waals surface area contributed by atoms with E-state index in [4.69, 9.17) is 16.3 Å². The second-order valence-electron chi connectivity index (χ2n) is 6.26. The molecule has 146 valence electrons. The van der Waals surface area contributed by atoms with E-state index in [2.05, 4.69) is 5.32 Å². The Kier molecular flexibility index (Phi) is 5.79. The number of carbonyl (C=O) groups is 2. The van der Waals surface area contributed by atoms with Gasteiger partial charge in [-0.1, -0.05) is 11.6 Å². The van der Waals surface area contributed by atoms with Crippen molar-refractivity contribution in [1.29, 1.82) is 0 Å². The van der Waals surface area contributed by atoms with Crippen LogP contribution in [0.25, 0.3) is 0 Å². The minimum absolute atomic E-state index is 0.00915. The summed E-state index contributed by atoms with van der Waals surface area (Å²) in [5.74, 6) is -0.111. The maximum absolute atomic E-state index is 12.5. The fourth-order valence-electron chi connectivity index (χ4n) is 3.04. The molecule has 9 heteroatoms. The van der Waals surface area contributed by atoms with E-state index in [0.29, 0.717) is 30.1 Å². The number of benzene rings is 2. The Morgan fingerprint density at radius 2 is 2.04 bits per heavy atom. The summed E-state index contributed by atoms with van der Waals surface area (Å²) in [5, 5.41) is 13.7. The summed E-state index contributed by atoms with van der Waals surface area (Å²) in [7, 11) is 1.48. The highest BCUT2D eigenvalue weighted by Gasteiger charge is 2.23. The van der Waals surface area contributed by atoms with E-state index in [1.165, 1.54) is 19.2 Å². The molecule has 3 rings (SSSR count). The number of piperidine rings is 1. The quantitative estimate of drug-likeness (QED) is 0.600. The van der Waals surface area contributed by atoms with Crippen LogP contribution in [-0.4, -0.2) is 30.4 Å². The molecule has 1 aliphatic rings. The molecule has 1 N–H and O–H groups in total. The standard InChI is InChI=1S/C19H18ClN3O5/c1-28-17-10-12(5-8-16(17)22-9-3-2-4-18(22)24)21-19(25)14-11-13(23(26)27)6-7-15(14)20/h5-8,10-11H,2-4,9H2,1H3,(H,21,25). The molecule has 0 bridgehead atoms. The number of carbonyl (C=O) groups excluding carboxylic acids is 2. The predicted molar refractivity (Wildman–Crippen MR) is 105 cm³/mol. The Bertz CT molecular complexity index is 947. The van der Waals surface area contributed by atoms with Crippen LogP contribution in [0.5, 0.6) is 5.75 Å². The first-order chi connectivity index (χ1) is 13.4. The molecule has 0 unspecified atom stereocenters. The van der Waals surface area contributed by atoms with E-state index in [1.54, 1.807) is 23.1 Å². The lowest BCUT2D eigenvalue weighted by atomic mass is 10.1. The SMILES string of the molecule is COc1cc(NC(=O)c2cc([N+](=O)[O-])ccc2Cl)ccc1N1CCCCC1=O. The lowest BCUT2D eigenvalue weighted by molar-refractivity contribution is -0.384. The largest absolute Gasteiger partial charge is 0.494 e. The lowest BCUT2D eigenvalue weighted by Gasteiger charge is -2.28. The van der Waals surface area contributed by atoms with Crippen LogP contribution in [0.3, 0.4) is 0 Å². The smallest absolute Gasteiger partial charge is 0.270 e. The zero-order valence-corrected chi connectivity index (χ0v) is 15.9. The molecule has 1 aliphatic heterocycles. The van der Waals surface area contributed by atoms with Gasteiger partial charge in [-0.05, 0) is 31.0 Å². The van der Waals surface area contributed by atoms with Gasteiger partial charge in [-0.25, -0.2) is 0 Å². The van der Waals surface area contributed by atoms with Gasteiger partial charge in [0.2, 0.25) is 5.91 Å². The Balaban J connectivity index is 1.85. The zero-order valence-electron chi connectivity index (χ0n) is 15.1. The van der Waals surface area contributed by atoms with Gasteiger partial charge in [0.05, 0.1) is 28.3 Å². The molecular weight excluding hydrogens is 386 g/mol. The van der Waals surface area contributed by atoms with E-state index in [0.717, 1.165) is 18.9 Å². The van der Waals surface area contributed by atoms with Crippen molar-refractivity contribution in [2.24, 2.45) is 0 Å². The summed E-state index contributed by atoms with van der Waals surface area (Å²) < 4.78 is 5.39. The zero-order chi connectivity index (χ0) is 20.3. The first-order valence-electron chi connectivity index (χ1n) is 8.64. The number of amides is 2. The highest BCUT2D eigenvalue weighted by Crippen LogP contribution is 2.34. The second kappa shape index (κ2) is 8.26. The van der Waals surface area contributed by atoms with Crippen molar-refractivity contribution in [2.75, 3.05) is 23.9 Å². The third-order valence-corrected chi connectivity index (χ3v) is 4.79. The van der Waals surface area contributed by atoms with E-state index >= 15 is 0 Å². The van der Waals surface area contributed by atoms with Crippen LogP contribution in [0.4, 0.5) is 17.1 Å². The summed E-state index contributed by atoms with van der Waals surface area (Å²) in [4.78, 5) is 36.7. The number of non-ortho nitro benzene ring substituents is 1. The minimum Gasteiger partial charge on any atom is -0.494 e. The molecule has 8 nitrogen and oxygen atoms in total. The minimum atomic E-state index is -0.597. The van der Waals surface area contributed by atoms with Crippen LogP contribution in [0.1, 0.15) is 29.6 Å². The second-order valence-corrected chi connectivity index (χ2v) is 6.67. The number of nitrogens with zero attached hydrogens (tertiary/aromatic N) is 2. The van der Waals surface area contributed by atoms with Gasteiger partial charge in [0.1, 0.15) is 5.75 Å². The average molecular weight is 404 g/mol. The van der Waals surface area contributed by atoms with Crippen molar-refractivity contribution in [3.63, 3.8) is 0 Å². The Morgan fingerprint density at radius 3 is 2.71 bits per heavy atom.